The van der Waals surface area contributed by atoms with Gasteiger partial charge < -0.3 is 9.84 Å². The Hall–Kier alpha value is -3.73. The predicted molar refractivity (Wildman–Crippen MR) is 127 cm³/mol. The third-order valence-corrected chi connectivity index (χ3v) is 5.52. The zero-order valence-corrected chi connectivity index (χ0v) is 18.6. The number of aromatic nitrogens is 2. The Kier molecular flexibility index (Phi) is 6.45. The standard InChI is InChI=1S/C27H27N3O2/c1-18(2)26-29-27(32-30-26)22-16-10-11-19(3)25(22)28-24(31)17-23(20-12-6-4-7-13-20)21-14-8-5-9-15-21/h4-16,18,23H,17H2,1-3H3,(H,28,31). The Morgan fingerprint density at radius 3 is 2.09 bits per heavy atom. The number of nitrogens with one attached hydrogen (secondary N) is 1. The molecule has 5 heteroatoms. The number of carbonyl (C=O) groups excluding carboxylic acids is 1. The van der Waals surface area contributed by atoms with Crippen LogP contribution in [0.2, 0.25) is 0 Å². The molecule has 0 aliphatic heterocycles. The van der Waals surface area contributed by atoms with Crippen LogP contribution < -0.4 is 5.32 Å². The molecule has 0 aliphatic carbocycles. The Morgan fingerprint density at radius 2 is 1.53 bits per heavy atom. The van der Waals surface area contributed by atoms with E-state index in [1.165, 1.54) is 0 Å². The molecule has 32 heavy (non-hydrogen) atoms. The second-order valence-electron chi connectivity index (χ2n) is 8.24. The minimum Gasteiger partial charge on any atom is -0.334 e. The smallest absolute Gasteiger partial charge is 0.260 e. The summed E-state index contributed by atoms with van der Waals surface area (Å²) >= 11 is 0. The number of carbonyl (C=O) groups is 1. The van der Waals surface area contributed by atoms with Gasteiger partial charge >= 0.3 is 0 Å². The molecule has 1 N–H and O–H groups in total. The molecule has 0 saturated carbocycles. The van der Waals surface area contributed by atoms with Crippen molar-refractivity contribution in [3.8, 4) is 11.5 Å². The zero-order chi connectivity index (χ0) is 22.5. The van der Waals surface area contributed by atoms with Crippen LogP contribution in [-0.2, 0) is 4.79 Å². The Morgan fingerprint density at radius 1 is 0.906 bits per heavy atom. The number of anilines is 1. The average Bonchev–Trinajstić information content (AvgIpc) is 3.30. The summed E-state index contributed by atoms with van der Waals surface area (Å²) in [6.45, 7) is 5.99. The highest BCUT2D eigenvalue weighted by Crippen LogP contribution is 2.32. The van der Waals surface area contributed by atoms with Gasteiger partial charge in [-0.05, 0) is 29.7 Å². The number of aryl methyl sites for hydroxylation is 1. The Balaban J connectivity index is 1.62. The van der Waals surface area contributed by atoms with Crippen LogP contribution in [0, 0.1) is 6.92 Å². The second-order valence-corrected chi connectivity index (χ2v) is 8.24. The van der Waals surface area contributed by atoms with E-state index in [2.05, 4.69) is 39.7 Å². The number of benzene rings is 3. The van der Waals surface area contributed by atoms with Crippen molar-refractivity contribution in [2.24, 2.45) is 0 Å². The van der Waals surface area contributed by atoms with Gasteiger partial charge in [-0.15, -0.1) is 0 Å². The van der Waals surface area contributed by atoms with E-state index in [4.69, 9.17) is 4.52 Å². The van der Waals surface area contributed by atoms with Gasteiger partial charge in [-0.3, -0.25) is 4.79 Å². The van der Waals surface area contributed by atoms with E-state index >= 15 is 0 Å². The SMILES string of the molecule is Cc1cccc(-c2nc(C(C)C)no2)c1NC(=O)CC(c1ccccc1)c1ccccc1. The number of amides is 1. The summed E-state index contributed by atoms with van der Waals surface area (Å²) in [5, 5.41) is 7.19. The van der Waals surface area contributed by atoms with E-state index in [1.54, 1.807) is 0 Å². The van der Waals surface area contributed by atoms with Crippen molar-refractivity contribution in [1.29, 1.82) is 0 Å². The highest BCUT2D eigenvalue weighted by atomic mass is 16.5. The molecule has 0 spiro atoms. The van der Waals surface area contributed by atoms with Gasteiger partial charge in [0.1, 0.15) is 0 Å². The fourth-order valence-electron chi connectivity index (χ4n) is 3.77. The molecule has 5 nitrogen and oxygen atoms in total. The molecular formula is C27H27N3O2. The van der Waals surface area contributed by atoms with E-state index in [1.807, 2.05) is 75.4 Å². The molecule has 0 fully saturated rings. The lowest BCUT2D eigenvalue weighted by Gasteiger charge is -2.19. The summed E-state index contributed by atoms with van der Waals surface area (Å²) in [6, 6.07) is 26.0. The van der Waals surface area contributed by atoms with Gasteiger partial charge in [-0.1, -0.05) is 91.8 Å². The van der Waals surface area contributed by atoms with Crippen molar-refractivity contribution >= 4 is 11.6 Å². The van der Waals surface area contributed by atoms with Crippen LogP contribution in [0.25, 0.3) is 11.5 Å². The molecule has 4 rings (SSSR count). The Bertz CT molecular complexity index is 1140. The fraction of sp³-hybridized carbons (Fsp3) is 0.222. The molecule has 0 saturated heterocycles. The van der Waals surface area contributed by atoms with Crippen LogP contribution in [-0.4, -0.2) is 16.0 Å². The first kappa shape index (κ1) is 21.5. The number of rotatable bonds is 7. The number of hydrogen-bond acceptors (Lipinski definition) is 4. The van der Waals surface area contributed by atoms with Gasteiger partial charge in [0.05, 0.1) is 11.3 Å². The maximum atomic E-state index is 13.2. The van der Waals surface area contributed by atoms with Crippen molar-refractivity contribution in [3.63, 3.8) is 0 Å². The third-order valence-electron chi connectivity index (χ3n) is 5.52. The van der Waals surface area contributed by atoms with Crippen LogP contribution >= 0.6 is 0 Å². The normalized spacial score (nSPS) is 11.2. The first-order valence-corrected chi connectivity index (χ1v) is 10.9. The van der Waals surface area contributed by atoms with E-state index in [0.29, 0.717) is 23.8 Å². The van der Waals surface area contributed by atoms with Crippen LogP contribution in [0.1, 0.15) is 54.6 Å². The number of para-hydroxylation sites is 1. The van der Waals surface area contributed by atoms with Crippen LogP contribution in [0.15, 0.2) is 83.4 Å². The molecule has 3 aromatic carbocycles. The first-order valence-electron chi connectivity index (χ1n) is 10.9. The lowest BCUT2D eigenvalue weighted by molar-refractivity contribution is -0.116. The molecule has 4 aromatic rings. The summed E-state index contributed by atoms with van der Waals surface area (Å²) < 4.78 is 5.50. The van der Waals surface area contributed by atoms with Crippen LogP contribution in [0.5, 0.6) is 0 Å². The van der Waals surface area contributed by atoms with Crippen molar-refractivity contribution in [1.82, 2.24) is 10.1 Å². The van der Waals surface area contributed by atoms with Gasteiger partial charge in [-0.2, -0.15) is 4.98 Å². The van der Waals surface area contributed by atoms with Crippen molar-refractivity contribution in [2.75, 3.05) is 5.32 Å². The van der Waals surface area contributed by atoms with Crippen molar-refractivity contribution in [3.05, 3.63) is 101 Å². The summed E-state index contributed by atoms with van der Waals surface area (Å²) in [5.41, 5.74) is 4.59. The molecule has 1 aromatic heterocycles. The molecule has 0 unspecified atom stereocenters. The zero-order valence-electron chi connectivity index (χ0n) is 18.6. The molecule has 0 bridgehead atoms. The molecule has 1 heterocycles. The third kappa shape index (κ3) is 4.78. The molecule has 0 atom stereocenters. The lowest BCUT2D eigenvalue weighted by Crippen LogP contribution is -2.17. The monoisotopic (exact) mass is 425 g/mol. The van der Waals surface area contributed by atoms with E-state index < -0.39 is 0 Å². The van der Waals surface area contributed by atoms with E-state index in [-0.39, 0.29) is 17.7 Å². The summed E-state index contributed by atoms with van der Waals surface area (Å²) in [5.74, 6) is 1.11. The average molecular weight is 426 g/mol. The van der Waals surface area contributed by atoms with Gasteiger partial charge in [-0.25, -0.2) is 0 Å². The van der Waals surface area contributed by atoms with Gasteiger partial charge in [0.2, 0.25) is 5.91 Å². The quantitative estimate of drug-likeness (QED) is 0.376. The highest BCUT2D eigenvalue weighted by molar-refractivity contribution is 5.96. The molecule has 0 radical (unpaired) electrons. The van der Waals surface area contributed by atoms with Crippen molar-refractivity contribution < 1.29 is 9.32 Å². The predicted octanol–water partition coefficient (Wildman–Crippen LogP) is 6.33. The van der Waals surface area contributed by atoms with Gasteiger partial charge in [0, 0.05) is 18.3 Å². The minimum absolute atomic E-state index is 0.0409. The lowest BCUT2D eigenvalue weighted by atomic mass is 9.88. The molecule has 0 aliphatic rings. The maximum absolute atomic E-state index is 13.2. The maximum Gasteiger partial charge on any atom is 0.260 e. The van der Waals surface area contributed by atoms with Crippen LogP contribution in [0.4, 0.5) is 5.69 Å². The second kappa shape index (κ2) is 9.60. The number of hydrogen-bond donors (Lipinski definition) is 1. The number of nitrogens with zero attached hydrogens (tertiary/aromatic N) is 2. The molecular weight excluding hydrogens is 398 g/mol. The molecule has 162 valence electrons. The van der Waals surface area contributed by atoms with E-state index in [0.717, 1.165) is 22.3 Å². The minimum atomic E-state index is -0.0677. The van der Waals surface area contributed by atoms with Crippen molar-refractivity contribution in [2.45, 2.75) is 39.0 Å². The largest absolute Gasteiger partial charge is 0.334 e. The molecule has 1 amide bonds. The summed E-state index contributed by atoms with van der Waals surface area (Å²) in [4.78, 5) is 17.8. The fourth-order valence-corrected chi connectivity index (χ4v) is 3.77. The topological polar surface area (TPSA) is 68.0 Å². The first-order chi connectivity index (χ1) is 15.5. The highest BCUT2D eigenvalue weighted by Gasteiger charge is 2.21. The van der Waals surface area contributed by atoms with Gasteiger partial charge in [0.25, 0.3) is 5.89 Å². The summed E-state index contributed by atoms with van der Waals surface area (Å²) in [6.07, 6.45) is 0.322. The van der Waals surface area contributed by atoms with Crippen LogP contribution in [0.3, 0.4) is 0 Å². The summed E-state index contributed by atoms with van der Waals surface area (Å²) in [7, 11) is 0. The van der Waals surface area contributed by atoms with E-state index in [9.17, 15) is 4.79 Å². The Labute approximate surface area is 188 Å². The van der Waals surface area contributed by atoms with Gasteiger partial charge in [0.15, 0.2) is 5.82 Å².